The maximum absolute atomic E-state index is 14.3. The summed E-state index contributed by atoms with van der Waals surface area (Å²) in [7, 11) is 1.09. The third-order valence-corrected chi connectivity index (χ3v) is 3.68. The maximum atomic E-state index is 14.3. The van der Waals surface area contributed by atoms with E-state index in [0.717, 1.165) is 17.9 Å². The molecule has 0 aliphatic heterocycles. The zero-order chi connectivity index (χ0) is 19.2. The zero-order valence-corrected chi connectivity index (χ0v) is 13.5. The number of halogens is 4. The van der Waals surface area contributed by atoms with Gasteiger partial charge in [-0.1, -0.05) is 11.6 Å². The smallest absolute Gasteiger partial charge is 0.341 e. The van der Waals surface area contributed by atoms with Crippen LogP contribution < -0.4 is 10.2 Å². The Labute approximate surface area is 147 Å². The lowest BCUT2D eigenvalue weighted by molar-refractivity contribution is 0.0695. The molecule has 0 atom stereocenters. The number of carbonyl (C=O) groups is 1. The second-order valence-electron chi connectivity index (χ2n) is 4.96. The first-order chi connectivity index (χ1) is 12.2. The van der Waals surface area contributed by atoms with Crippen molar-refractivity contribution in [2.45, 2.75) is 0 Å². The molecule has 0 saturated carbocycles. The van der Waals surface area contributed by atoms with Crippen LogP contribution in [0.2, 0.25) is 5.15 Å². The predicted octanol–water partition coefficient (Wildman–Crippen LogP) is 2.56. The van der Waals surface area contributed by atoms with Gasteiger partial charge in [0.2, 0.25) is 5.43 Å². The Morgan fingerprint density at radius 1 is 1.19 bits per heavy atom. The standard InChI is InChI=1S/C15H7ClF3N3O4/c1-26-14-9(19)3-8(18)13(21-14)22-4-6(15(24)25)10(23)5-2-7(17)11(16)20-12(5)22/h2-4H,1H3,(H,24,25). The van der Waals surface area contributed by atoms with Crippen molar-refractivity contribution in [3.8, 4) is 11.7 Å². The number of ether oxygens (including phenoxy) is 1. The molecule has 0 bridgehead atoms. The lowest BCUT2D eigenvalue weighted by Crippen LogP contribution is -2.20. The summed E-state index contributed by atoms with van der Waals surface area (Å²) < 4.78 is 47.0. The highest BCUT2D eigenvalue weighted by atomic mass is 35.5. The van der Waals surface area contributed by atoms with E-state index in [-0.39, 0.29) is 5.65 Å². The van der Waals surface area contributed by atoms with Crippen molar-refractivity contribution in [2.75, 3.05) is 7.11 Å². The van der Waals surface area contributed by atoms with E-state index >= 15 is 0 Å². The Kier molecular flexibility index (Phi) is 4.28. The van der Waals surface area contributed by atoms with Crippen LogP contribution in [-0.2, 0) is 0 Å². The van der Waals surface area contributed by atoms with Crippen molar-refractivity contribution in [1.29, 1.82) is 0 Å². The molecule has 3 aromatic rings. The number of hydrogen-bond donors (Lipinski definition) is 1. The summed E-state index contributed by atoms with van der Waals surface area (Å²) in [4.78, 5) is 30.8. The molecular weight excluding hydrogens is 379 g/mol. The number of pyridine rings is 3. The summed E-state index contributed by atoms with van der Waals surface area (Å²) in [5.74, 6) is -6.23. The SMILES string of the molecule is COc1nc(-n2cc(C(=O)O)c(=O)c3cc(F)c(Cl)nc32)c(F)cc1F. The molecule has 0 fully saturated rings. The van der Waals surface area contributed by atoms with E-state index in [0.29, 0.717) is 12.1 Å². The molecule has 11 heteroatoms. The molecule has 0 aliphatic rings. The second-order valence-corrected chi connectivity index (χ2v) is 5.32. The van der Waals surface area contributed by atoms with Gasteiger partial charge in [-0.15, -0.1) is 0 Å². The fourth-order valence-electron chi connectivity index (χ4n) is 2.27. The number of nitrogens with zero attached hydrogens (tertiary/aromatic N) is 3. The Morgan fingerprint density at radius 3 is 2.50 bits per heavy atom. The molecule has 26 heavy (non-hydrogen) atoms. The largest absolute Gasteiger partial charge is 0.479 e. The van der Waals surface area contributed by atoms with Gasteiger partial charge in [0.25, 0.3) is 5.88 Å². The fourth-order valence-corrected chi connectivity index (χ4v) is 2.40. The van der Waals surface area contributed by atoms with Crippen LogP contribution in [0.1, 0.15) is 10.4 Å². The summed E-state index contributed by atoms with van der Waals surface area (Å²) in [6.07, 6.45) is 0.733. The van der Waals surface area contributed by atoms with Gasteiger partial charge in [-0.05, 0) is 6.07 Å². The van der Waals surface area contributed by atoms with E-state index < -0.39 is 56.7 Å². The lowest BCUT2D eigenvalue weighted by Gasteiger charge is -2.13. The Balaban J connectivity index is 2.50. The van der Waals surface area contributed by atoms with Gasteiger partial charge in [0.15, 0.2) is 34.1 Å². The summed E-state index contributed by atoms with van der Waals surface area (Å²) in [5.41, 5.74) is -2.22. The average Bonchev–Trinajstić information content (AvgIpc) is 2.57. The molecule has 134 valence electrons. The van der Waals surface area contributed by atoms with Crippen LogP contribution in [0.5, 0.6) is 5.88 Å². The quantitative estimate of drug-likeness (QED) is 0.696. The van der Waals surface area contributed by atoms with Crippen molar-refractivity contribution in [2.24, 2.45) is 0 Å². The number of aromatic carboxylic acids is 1. The summed E-state index contributed by atoms with van der Waals surface area (Å²) in [5, 5.41) is 8.07. The van der Waals surface area contributed by atoms with Gasteiger partial charge in [0.05, 0.1) is 12.5 Å². The van der Waals surface area contributed by atoms with Crippen molar-refractivity contribution in [3.63, 3.8) is 0 Å². The highest BCUT2D eigenvalue weighted by Crippen LogP contribution is 2.24. The van der Waals surface area contributed by atoms with E-state index in [1.165, 1.54) is 0 Å². The number of rotatable bonds is 3. The van der Waals surface area contributed by atoms with Gasteiger partial charge in [-0.25, -0.2) is 22.9 Å². The number of aromatic nitrogens is 3. The summed E-state index contributed by atoms with van der Waals surface area (Å²) in [6, 6.07) is 1.13. The molecule has 0 aromatic carbocycles. The normalized spacial score (nSPS) is 11.0. The lowest BCUT2D eigenvalue weighted by atomic mass is 10.2. The van der Waals surface area contributed by atoms with Crippen LogP contribution in [0.25, 0.3) is 16.9 Å². The van der Waals surface area contributed by atoms with Gasteiger partial charge >= 0.3 is 5.97 Å². The minimum atomic E-state index is -1.64. The highest BCUT2D eigenvalue weighted by Gasteiger charge is 2.22. The first-order valence-corrected chi connectivity index (χ1v) is 7.17. The van der Waals surface area contributed by atoms with Crippen LogP contribution in [-0.4, -0.2) is 32.7 Å². The molecule has 1 N–H and O–H groups in total. The van der Waals surface area contributed by atoms with Crippen LogP contribution in [0, 0.1) is 17.5 Å². The molecule has 3 rings (SSSR count). The van der Waals surface area contributed by atoms with Crippen molar-refractivity contribution >= 4 is 28.6 Å². The molecule has 3 heterocycles. The van der Waals surface area contributed by atoms with Gasteiger partial charge in [-0.2, -0.15) is 4.98 Å². The van der Waals surface area contributed by atoms with Gasteiger partial charge in [0.1, 0.15) is 5.56 Å². The number of carboxylic acids is 1. The molecule has 0 spiro atoms. The van der Waals surface area contributed by atoms with Crippen molar-refractivity contribution in [1.82, 2.24) is 14.5 Å². The molecule has 0 unspecified atom stereocenters. The topological polar surface area (TPSA) is 94.3 Å². The number of carboxylic acid groups (broad SMARTS) is 1. The van der Waals surface area contributed by atoms with Crippen LogP contribution in [0.15, 0.2) is 23.1 Å². The van der Waals surface area contributed by atoms with E-state index in [1.54, 1.807) is 0 Å². The molecule has 0 aliphatic carbocycles. The second kappa shape index (κ2) is 6.30. The Morgan fingerprint density at radius 2 is 1.88 bits per heavy atom. The van der Waals surface area contributed by atoms with Crippen molar-refractivity contribution in [3.05, 3.63) is 56.7 Å². The van der Waals surface area contributed by atoms with E-state index in [9.17, 15) is 27.9 Å². The Hall–Kier alpha value is -3.14. The summed E-state index contributed by atoms with van der Waals surface area (Å²) in [6.45, 7) is 0. The van der Waals surface area contributed by atoms with Crippen LogP contribution in [0.4, 0.5) is 13.2 Å². The number of fused-ring (bicyclic) bond motifs is 1. The Bertz CT molecular complexity index is 1130. The monoisotopic (exact) mass is 385 g/mol. The fraction of sp³-hybridized carbons (Fsp3) is 0.0667. The van der Waals surface area contributed by atoms with E-state index in [1.807, 2.05) is 0 Å². The molecule has 0 radical (unpaired) electrons. The molecule has 0 saturated heterocycles. The van der Waals surface area contributed by atoms with Crippen molar-refractivity contribution < 1.29 is 27.8 Å². The van der Waals surface area contributed by atoms with E-state index in [2.05, 4.69) is 14.7 Å². The molecule has 3 aromatic heterocycles. The minimum absolute atomic E-state index is 0.369. The highest BCUT2D eigenvalue weighted by molar-refractivity contribution is 6.29. The third-order valence-electron chi connectivity index (χ3n) is 3.42. The molecule has 0 amide bonds. The van der Waals surface area contributed by atoms with Gasteiger partial charge in [0, 0.05) is 12.3 Å². The van der Waals surface area contributed by atoms with Gasteiger partial charge < -0.3 is 9.84 Å². The van der Waals surface area contributed by atoms with E-state index in [4.69, 9.17) is 11.6 Å². The molecular formula is C15H7ClF3N3O4. The van der Waals surface area contributed by atoms with Crippen LogP contribution >= 0.6 is 11.6 Å². The third kappa shape index (κ3) is 2.73. The predicted molar refractivity (Wildman–Crippen MR) is 83.5 cm³/mol. The maximum Gasteiger partial charge on any atom is 0.341 e. The molecule has 7 nitrogen and oxygen atoms in total. The van der Waals surface area contributed by atoms with Crippen LogP contribution in [0.3, 0.4) is 0 Å². The zero-order valence-electron chi connectivity index (χ0n) is 12.8. The average molecular weight is 386 g/mol. The first kappa shape index (κ1) is 17.7. The van der Waals surface area contributed by atoms with Gasteiger partial charge in [-0.3, -0.25) is 9.36 Å². The number of methoxy groups -OCH3 is 1. The minimum Gasteiger partial charge on any atom is -0.479 e. The summed E-state index contributed by atoms with van der Waals surface area (Å²) >= 11 is 5.61. The first-order valence-electron chi connectivity index (χ1n) is 6.79. The number of hydrogen-bond acceptors (Lipinski definition) is 5.